The van der Waals surface area contributed by atoms with Crippen molar-refractivity contribution in [3.8, 4) is 5.75 Å². The summed E-state index contributed by atoms with van der Waals surface area (Å²) in [6, 6.07) is 25.7. The van der Waals surface area contributed by atoms with Gasteiger partial charge in [0.25, 0.3) is 0 Å². The molecule has 3 aromatic carbocycles. The summed E-state index contributed by atoms with van der Waals surface area (Å²) < 4.78 is 5.11. The monoisotopic (exact) mass is 432 g/mol. The lowest BCUT2D eigenvalue weighted by atomic mass is 10.0. The second-order valence-electron chi connectivity index (χ2n) is 9.25. The zero-order valence-electron chi connectivity index (χ0n) is 21.8. The quantitative estimate of drug-likeness (QED) is 0.390. The standard InChI is InChI=1S/C11H16.C10H14O.C10H14/c1-4-10-6-5-7-11(8-10)9(2)3;1-8(2)9-5-4-6-10(7-9)11-3;1-8(2)10-6-4-5-9(3)7-10/h5-9H,4H2,1-3H3;4-8H,1-3H3;4-8H,1-3H3. The lowest BCUT2D eigenvalue weighted by Crippen LogP contribution is -1.88. The number of methoxy groups -OCH3 is 1. The number of hydrogen-bond donors (Lipinski definition) is 0. The maximum atomic E-state index is 5.11. The zero-order chi connectivity index (χ0) is 24.1. The van der Waals surface area contributed by atoms with Crippen molar-refractivity contribution in [2.24, 2.45) is 0 Å². The predicted molar refractivity (Wildman–Crippen MR) is 142 cm³/mol. The Morgan fingerprint density at radius 3 is 1.53 bits per heavy atom. The van der Waals surface area contributed by atoms with Crippen molar-refractivity contribution in [2.45, 2.75) is 79.6 Å². The molecule has 3 rings (SSSR count). The van der Waals surface area contributed by atoms with Crippen molar-refractivity contribution in [1.29, 1.82) is 0 Å². The average Bonchev–Trinajstić information content (AvgIpc) is 2.80. The molecule has 0 unspecified atom stereocenters. The van der Waals surface area contributed by atoms with Crippen LogP contribution in [0.25, 0.3) is 0 Å². The molecule has 0 aromatic heterocycles. The first-order chi connectivity index (χ1) is 15.2. The van der Waals surface area contributed by atoms with Crippen LogP contribution in [0, 0.1) is 6.92 Å². The van der Waals surface area contributed by atoms with Crippen molar-refractivity contribution < 1.29 is 4.74 Å². The summed E-state index contributed by atoms with van der Waals surface area (Å²) in [6.07, 6.45) is 1.14. The second kappa shape index (κ2) is 14.5. The van der Waals surface area contributed by atoms with E-state index in [1.807, 2.05) is 12.1 Å². The van der Waals surface area contributed by atoms with Crippen LogP contribution >= 0.6 is 0 Å². The highest BCUT2D eigenvalue weighted by atomic mass is 16.5. The van der Waals surface area contributed by atoms with Gasteiger partial charge in [0, 0.05) is 0 Å². The van der Waals surface area contributed by atoms with E-state index in [1.165, 1.54) is 27.8 Å². The smallest absolute Gasteiger partial charge is 0.119 e. The van der Waals surface area contributed by atoms with Crippen molar-refractivity contribution >= 4 is 0 Å². The molecule has 1 heteroatoms. The highest BCUT2D eigenvalue weighted by Crippen LogP contribution is 2.19. The van der Waals surface area contributed by atoms with E-state index < -0.39 is 0 Å². The van der Waals surface area contributed by atoms with E-state index in [9.17, 15) is 0 Å². The van der Waals surface area contributed by atoms with Crippen LogP contribution < -0.4 is 4.74 Å². The summed E-state index contributed by atoms with van der Waals surface area (Å²) >= 11 is 0. The minimum absolute atomic E-state index is 0.574. The minimum Gasteiger partial charge on any atom is -0.497 e. The van der Waals surface area contributed by atoms with E-state index in [2.05, 4.69) is 116 Å². The molecule has 0 aliphatic heterocycles. The van der Waals surface area contributed by atoms with Crippen molar-refractivity contribution in [1.82, 2.24) is 0 Å². The lowest BCUT2D eigenvalue weighted by molar-refractivity contribution is 0.414. The van der Waals surface area contributed by atoms with Gasteiger partial charge in [-0.1, -0.05) is 115 Å². The van der Waals surface area contributed by atoms with Gasteiger partial charge in [-0.25, -0.2) is 0 Å². The number of aryl methyl sites for hydroxylation is 2. The van der Waals surface area contributed by atoms with E-state index in [-0.39, 0.29) is 0 Å². The van der Waals surface area contributed by atoms with Crippen molar-refractivity contribution in [3.05, 3.63) is 101 Å². The molecule has 0 radical (unpaired) electrons. The van der Waals surface area contributed by atoms with Gasteiger partial charge >= 0.3 is 0 Å². The molecule has 0 aliphatic rings. The van der Waals surface area contributed by atoms with Crippen LogP contribution in [0.5, 0.6) is 5.75 Å². The molecule has 0 spiro atoms. The number of hydrogen-bond acceptors (Lipinski definition) is 1. The molecule has 0 atom stereocenters. The van der Waals surface area contributed by atoms with Crippen LogP contribution in [0.2, 0.25) is 0 Å². The highest BCUT2D eigenvalue weighted by molar-refractivity contribution is 5.30. The molecule has 3 aromatic rings. The van der Waals surface area contributed by atoms with E-state index >= 15 is 0 Å². The van der Waals surface area contributed by atoms with Gasteiger partial charge in [-0.3, -0.25) is 0 Å². The van der Waals surface area contributed by atoms with E-state index in [4.69, 9.17) is 4.74 Å². The molecule has 0 heterocycles. The summed E-state index contributed by atoms with van der Waals surface area (Å²) in [6.45, 7) is 17.6. The van der Waals surface area contributed by atoms with Crippen LogP contribution in [-0.4, -0.2) is 7.11 Å². The van der Waals surface area contributed by atoms with E-state index in [0.29, 0.717) is 17.8 Å². The van der Waals surface area contributed by atoms with Gasteiger partial charge in [0.2, 0.25) is 0 Å². The number of rotatable bonds is 5. The topological polar surface area (TPSA) is 9.23 Å². The number of benzene rings is 3. The molecule has 0 amide bonds. The molecule has 1 nitrogen and oxygen atoms in total. The molecule has 0 aliphatic carbocycles. The first-order valence-electron chi connectivity index (χ1n) is 12.0. The summed E-state index contributed by atoms with van der Waals surface area (Å²) in [5.74, 6) is 2.82. The first-order valence-corrected chi connectivity index (χ1v) is 12.0. The fraction of sp³-hybridized carbons (Fsp3) is 0.419. The summed E-state index contributed by atoms with van der Waals surface area (Å²) in [5.41, 5.74) is 7.00. The third kappa shape index (κ3) is 10.2. The van der Waals surface area contributed by atoms with Gasteiger partial charge in [-0.05, 0) is 65.5 Å². The van der Waals surface area contributed by atoms with Gasteiger partial charge in [-0.2, -0.15) is 0 Å². The first kappa shape index (κ1) is 27.5. The molecule has 0 saturated carbocycles. The fourth-order valence-corrected chi connectivity index (χ4v) is 3.20. The highest BCUT2D eigenvalue weighted by Gasteiger charge is 1.99. The maximum Gasteiger partial charge on any atom is 0.119 e. The largest absolute Gasteiger partial charge is 0.497 e. The fourth-order valence-electron chi connectivity index (χ4n) is 3.20. The van der Waals surface area contributed by atoms with Gasteiger partial charge in [0.15, 0.2) is 0 Å². The summed E-state index contributed by atoms with van der Waals surface area (Å²) in [7, 11) is 1.69. The summed E-state index contributed by atoms with van der Waals surface area (Å²) in [4.78, 5) is 0. The molecule has 0 fully saturated rings. The Bertz CT molecular complexity index is 854. The van der Waals surface area contributed by atoms with Gasteiger partial charge in [0.05, 0.1) is 7.11 Å². The molecule has 174 valence electrons. The third-order valence-electron chi connectivity index (χ3n) is 5.50. The Kier molecular flexibility index (Phi) is 12.5. The molecule has 0 saturated heterocycles. The van der Waals surface area contributed by atoms with Gasteiger partial charge < -0.3 is 4.74 Å². The normalized spacial score (nSPS) is 10.4. The van der Waals surface area contributed by atoms with Crippen LogP contribution in [0.1, 0.15) is 94.0 Å². The molecular formula is C31H44O. The summed E-state index contributed by atoms with van der Waals surface area (Å²) in [5, 5.41) is 0. The van der Waals surface area contributed by atoms with Crippen LogP contribution in [0.15, 0.2) is 72.8 Å². The molecule has 0 N–H and O–H groups in total. The second-order valence-corrected chi connectivity index (χ2v) is 9.25. The lowest BCUT2D eigenvalue weighted by Gasteiger charge is -2.06. The zero-order valence-corrected chi connectivity index (χ0v) is 21.8. The van der Waals surface area contributed by atoms with Gasteiger partial charge in [-0.15, -0.1) is 0 Å². The molecular weight excluding hydrogens is 388 g/mol. The Morgan fingerprint density at radius 2 is 1.09 bits per heavy atom. The van der Waals surface area contributed by atoms with Gasteiger partial charge in [0.1, 0.15) is 5.75 Å². The third-order valence-corrected chi connectivity index (χ3v) is 5.50. The molecule has 0 bridgehead atoms. The Balaban J connectivity index is 0.000000240. The maximum absolute atomic E-state index is 5.11. The van der Waals surface area contributed by atoms with Crippen LogP contribution in [0.4, 0.5) is 0 Å². The van der Waals surface area contributed by atoms with Crippen LogP contribution in [0.3, 0.4) is 0 Å². The number of ether oxygens (including phenoxy) is 1. The molecule has 32 heavy (non-hydrogen) atoms. The Morgan fingerprint density at radius 1 is 0.625 bits per heavy atom. The van der Waals surface area contributed by atoms with Crippen molar-refractivity contribution in [2.75, 3.05) is 7.11 Å². The SMILES string of the molecule is CCc1cccc(C(C)C)c1.COc1cccc(C(C)C)c1.Cc1cccc(C(C)C)c1. The predicted octanol–water partition coefficient (Wildman–Crippen LogP) is 9.31. The minimum atomic E-state index is 0.574. The van der Waals surface area contributed by atoms with Crippen LogP contribution in [-0.2, 0) is 6.42 Å². The van der Waals surface area contributed by atoms with E-state index in [1.54, 1.807) is 7.11 Å². The van der Waals surface area contributed by atoms with E-state index in [0.717, 1.165) is 12.2 Å². The van der Waals surface area contributed by atoms with Crippen molar-refractivity contribution in [3.63, 3.8) is 0 Å². The average molecular weight is 433 g/mol. The Labute approximate surface area is 197 Å². The Hall–Kier alpha value is -2.54.